The molecule has 2 aliphatic rings. The Morgan fingerprint density at radius 2 is 1.79 bits per heavy atom. The summed E-state index contributed by atoms with van der Waals surface area (Å²) in [6, 6.07) is 12.5. The maximum absolute atomic E-state index is 13.6. The molecular formula is C28H24F2N8O3S. The van der Waals surface area contributed by atoms with Crippen LogP contribution in [0.5, 0.6) is 0 Å². The zero-order chi connectivity index (χ0) is 29.4. The number of piperidine rings is 1. The number of fused-ring (bicyclic) bond motifs is 2. The van der Waals surface area contributed by atoms with Crippen molar-refractivity contribution in [3.63, 3.8) is 0 Å². The zero-order valence-corrected chi connectivity index (χ0v) is 23.3. The van der Waals surface area contributed by atoms with Crippen LogP contribution in [0.4, 0.5) is 14.6 Å². The lowest BCUT2D eigenvalue weighted by Crippen LogP contribution is -2.37. The van der Waals surface area contributed by atoms with Crippen LogP contribution in [0.25, 0.3) is 16.6 Å². The van der Waals surface area contributed by atoms with E-state index in [0.29, 0.717) is 5.69 Å². The van der Waals surface area contributed by atoms with Crippen LogP contribution in [0.1, 0.15) is 11.1 Å². The van der Waals surface area contributed by atoms with E-state index in [2.05, 4.69) is 25.6 Å². The number of pyridine rings is 1. The lowest BCUT2D eigenvalue weighted by atomic mass is 9.88. The fourth-order valence-electron chi connectivity index (χ4n) is 6.33. The van der Waals surface area contributed by atoms with Gasteiger partial charge >= 0.3 is 0 Å². The van der Waals surface area contributed by atoms with E-state index in [-0.39, 0.29) is 41.6 Å². The molecule has 42 heavy (non-hydrogen) atoms. The molecule has 4 heterocycles. The summed E-state index contributed by atoms with van der Waals surface area (Å²) in [5.41, 5.74) is 2.34. The molecule has 3 aromatic heterocycles. The van der Waals surface area contributed by atoms with Crippen molar-refractivity contribution in [1.82, 2.24) is 34.1 Å². The maximum Gasteiger partial charge on any atom is 0.264 e. The van der Waals surface area contributed by atoms with Crippen molar-refractivity contribution >= 4 is 32.7 Å². The predicted octanol–water partition coefficient (Wildman–Crippen LogP) is 2.96. The Kier molecular flexibility index (Phi) is 5.79. The number of amides is 1. The molecule has 0 radical (unpaired) electrons. The van der Waals surface area contributed by atoms with Crippen molar-refractivity contribution in [3.05, 3.63) is 89.9 Å². The van der Waals surface area contributed by atoms with Crippen molar-refractivity contribution in [1.29, 1.82) is 0 Å². The summed E-state index contributed by atoms with van der Waals surface area (Å²) >= 11 is 0. The van der Waals surface area contributed by atoms with Gasteiger partial charge in [0.25, 0.3) is 10.0 Å². The number of nitrogens with zero attached hydrogens (tertiary/aromatic N) is 7. The van der Waals surface area contributed by atoms with Gasteiger partial charge in [-0.2, -0.15) is 19.3 Å². The molecule has 0 spiro atoms. The fraction of sp³-hybridized carbons (Fsp3) is 0.250. The number of aryl methyl sites for hydroxylation is 2. The summed E-state index contributed by atoms with van der Waals surface area (Å²) in [6.45, 7) is 2.08. The van der Waals surface area contributed by atoms with Crippen LogP contribution in [0, 0.1) is 30.4 Å². The molecule has 1 saturated carbocycles. The second-order valence-corrected chi connectivity index (χ2v) is 12.6. The lowest BCUT2D eigenvalue weighted by Gasteiger charge is -2.24. The number of carbonyl (C=O) groups is 1. The number of sulfonamides is 1. The van der Waals surface area contributed by atoms with Crippen LogP contribution in [0.15, 0.2) is 72.1 Å². The summed E-state index contributed by atoms with van der Waals surface area (Å²) in [5, 5.41) is 15.8. The number of halogens is 2. The summed E-state index contributed by atoms with van der Waals surface area (Å²) in [5.74, 6) is -1.87. The standard InChI is InChI=1S/C28H24F2N8O3S/c1-16-9-23-17(11-33-38(23)20-6-3-18(29)4-7-20)10-21(16)28-15-37(42(40,41)25-13-32-36(2)35-25)14-22(28)26(28)27(39)34-24-8-5-19(30)12-31-24/h3-13,22,26H,14-15H2,1-2H3,(H,31,34,39)/t22?,26-,28-/m1/s1. The highest BCUT2D eigenvalue weighted by atomic mass is 32.2. The van der Waals surface area contributed by atoms with Crippen molar-refractivity contribution in [2.24, 2.45) is 18.9 Å². The molecule has 0 bridgehead atoms. The molecule has 5 aromatic rings. The highest BCUT2D eigenvalue weighted by molar-refractivity contribution is 7.89. The van der Waals surface area contributed by atoms with Gasteiger partial charge in [0.1, 0.15) is 17.5 Å². The normalized spacial score (nSPS) is 21.9. The van der Waals surface area contributed by atoms with E-state index in [0.717, 1.165) is 28.2 Å². The molecule has 1 amide bonds. The van der Waals surface area contributed by atoms with Crippen LogP contribution in [0.2, 0.25) is 0 Å². The number of anilines is 1. The second-order valence-electron chi connectivity index (χ2n) is 10.7. The van der Waals surface area contributed by atoms with E-state index in [4.69, 9.17) is 0 Å². The third-order valence-corrected chi connectivity index (χ3v) is 9.95. The van der Waals surface area contributed by atoms with E-state index in [1.54, 1.807) is 23.0 Å². The second kappa shape index (κ2) is 9.22. The SMILES string of the molecule is Cc1cc2c(cnn2-c2ccc(F)cc2)cc1[C@]12CN(S(=O)(=O)c3cnn(C)n3)CC1[C@@H]2C(=O)Nc1ccc(F)cn1. The summed E-state index contributed by atoms with van der Waals surface area (Å²) in [4.78, 5) is 18.7. The topological polar surface area (TPSA) is 128 Å². The Bertz CT molecular complexity index is 1970. The minimum Gasteiger partial charge on any atom is -0.310 e. The number of carbonyl (C=O) groups excluding carboxylic acids is 1. The van der Waals surface area contributed by atoms with Gasteiger partial charge in [-0.1, -0.05) is 0 Å². The van der Waals surface area contributed by atoms with Gasteiger partial charge in [0.2, 0.25) is 10.9 Å². The Labute approximate surface area is 238 Å². The molecule has 1 saturated heterocycles. The lowest BCUT2D eigenvalue weighted by molar-refractivity contribution is -0.118. The molecule has 214 valence electrons. The van der Waals surface area contributed by atoms with Gasteiger partial charge in [0.15, 0.2) is 0 Å². The number of hydrogen-bond acceptors (Lipinski definition) is 7. The number of nitrogens with one attached hydrogen (secondary N) is 1. The van der Waals surface area contributed by atoms with Gasteiger partial charge < -0.3 is 5.32 Å². The molecule has 3 atom stereocenters. The van der Waals surface area contributed by atoms with Crippen molar-refractivity contribution in [3.8, 4) is 5.69 Å². The van der Waals surface area contributed by atoms with Crippen LogP contribution in [-0.4, -0.2) is 61.5 Å². The first kappa shape index (κ1) is 26.3. The molecule has 11 nitrogen and oxygen atoms in total. The quantitative estimate of drug-likeness (QED) is 0.322. The van der Waals surface area contributed by atoms with Crippen LogP contribution >= 0.6 is 0 Å². The fourth-order valence-corrected chi connectivity index (χ4v) is 7.74. The first-order chi connectivity index (χ1) is 20.1. The van der Waals surface area contributed by atoms with E-state index in [1.165, 1.54) is 46.6 Å². The predicted molar refractivity (Wildman–Crippen MR) is 147 cm³/mol. The van der Waals surface area contributed by atoms with Gasteiger partial charge in [-0.05, 0) is 72.5 Å². The average molecular weight is 591 g/mol. The molecule has 7 rings (SSSR count). The Hall–Kier alpha value is -4.56. The first-order valence-electron chi connectivity index (χ1n) is 13.1. The van der Waals surface area contributed by atoms with E-state index in [9.17, 15) is 22.0 Å². The average Bonchev–Trinajstić information content (AvgIpc) is 3.38. The maximum atomic E-state index is 13.6. The van der Waals surface area contributed by atoms with Gasteiger partial charge in [0, 0.05) is 30.9 Å². The summed E-state index contributed by atoms with van der Waals surface area (Å²) in [7, 11) is -2.43. The van der Waals surface area contributed by atoms with E-state index < -0.39 is 27.2 Å². The highest BCUT2D eigenvalue weighted by Gasteiger charge is 2.74. The number of rotatable bonds is 6. The molecule has 1 unspecified atom stereocenters. The Balaban J connectivity index is 1.28. The Morgan fingerprint density at radius 1 is 1.02 bits per heavy atom. The summed E-state index contributed by atoms with van der Waals surface area (Å²) < 4.78 is 57.0. The summed E-state index contributed by atoms with van der Waals surface area (Å²) in [6.07, 6.45) is 3.92. The molecule has 1 N–H and O–H groups in total. The van der Waals surface area contributed by atoms with Crippen LogP contribution < -0.4 is 5.32 Å². The molecule has 2 fully saturated rings. The largest absolute Gasteiger partial charge is 0.310 e. The van der Waals surface area contributed by atoms with Crippen molar-refractivity contribution in [2.75, 3.05) is 18.4 Å². The third kappa shape index (κ3) is 4.01. The zero-order valence-electron chi connectivity index (χ0n) is 22.4. The molecule has 14 heteroatoms. The molecular weight excluding hydrogens is 566 g/mol. The first-order valence-corrected chi connectivity index (χ1v) is 14.6. The Morgan fingerprint density at radius 3 is 2.48 bits per heavy atom. The van der Waals surface area contributed by atoms with Gasteiger partial charge in [-0.25, -0.2) is 26.9 Å². The molecule has 1 aliphatic carbocycles. The third-order valence-electron chi connectivity index (χ3n) is 8.28. The van der Waals surface area contributed by atoms with Gasteiger partial charge in [0.05, 0.1) is 35.7 Å². The van der Waals surface area contributed by atoms with Crippen LogP contribution in [-0.2, 0) is 27.3 Å². The number of aromatic nitrogens is 6. The number of benzene rings is 2. The smallest absolute Gasteiger partial charge is 0.264 e. The van der Waals surface area contributed by atoms with Crippen molar-refractivity contribution < 1.29 is 22.0 Å². The van der Waals surface area contributed by atoms with E-state index >= 15 is 0 Å². The highest BCUT2D eigenvalue weighted by Crippen LogP contribution is 2.65. The van der Waals surface area contributed by atoms with E-state index in [1.807, 2.05) is 19.1 Å². The van der Waals surface area contributed by atoms with Gasteiger partial charge in [-0.15, -0.1) is 5.10 Å². The minimum atomic E-state index is -3.96. The monoisotopic (exact) mass is 590 g/mol. The molecule has 2 aromatic carbocycles. The van der Waals surface area contributed by atoms with Crippen LogP contribution in [0.3, 0.4) is 0 Å². The van der Waals surface area contributed by atoms with Gasteiger partial charge in [-0.3, -0.25) is 4.79 Å². The van der Waals surface area contributed by atoms with Crippen molar-refractivity contribution in [2.45, 2.75) is 17.4 Å². The molecule has 1 aliphatic heterocycles. The number of hydrogen-bond donors (Lipinski definition) is 1. The minimum absolute atomic E-state index is 0.0595.